The summed E-state index contributed by atoms with van der Waals surface area (Å²) in [4.78, 5) is 21.4. The Balaban J connectivity index is 2.47. The van der Waals surface area contributed by atoms with E-state index in [1.807, 2.05) is 13.0 Å². The third kappa shape index (κ3) is 1.67. The van der Waals surface area contributed by atoms with Crippen molar-refractivity contribution in [2.75, 3.05) is 0 Å². The van der Waals surface area contributed by atoms with Crippen LogP contribution in [0.25, 0.3) is 21.8 Å². The van der Waals surface area contributed by atoms with E-state index in [2.05, 4.69) is 4.57 Å². The molecule has 0 fully saturated rings. The van der Waals surface area contributed by atoms with Gasteiger partial charge in [-0.25, -0.2) is 0 Å². The predicted molar refractivity (Wildman–Crippen MR) is 77.2 cm³/mol. The molecule has 20 heavy (non-hydrogen) atoms. The number of nitro groups is 1. The SMILES string of the molecule is CCn1c2ccc(C=O)cc2c2cc([N+](=O)[O-])ccc21. The number of aromatic nitrogens is 1. The van der Waals surface area contributed by atoms with Gasteiger partial charge < -0.3 is 4.57 Å². The van der Waals surface area contributed by atoms with Crippen LogP contribution in [0, 0.1) is 10.1 Å². The first kappa shape index (κ1) is 12.3. The van der Waals surface area contributed by atoms with Crippen LogP contribution in [0.4, 0.5) is 5.69 Å². The fourth-order valence-corrected chi connectivity index (χ4v) is 2.64. The lowest BCUT2D eigenvalue weighted by Gasteiger charge is -2.02. The van der Waals surface area contributed by atoms with Crippen LogP contribution in [0.15, 0.2) is 36.4 Å². The Morgan fingerprint density at radius 3 is 2.40 bits per heavy atom. The summed E-state index contributed by atoms with van der Waals surface area (Å²) in [6.45, 7) is 2.78. The molecule has 0 unspecified atom stereocenters. The van der Waals surface area contributed by atoms with Crippen molar-refractivity contribution in [3.05, 3.63) is 52.1 Å². The molecule has 0 radical (unpaired) electrons. The number of hydrogen-bond donors (Lipinski definition) is 0. The fourth-order valence-electron chi connectivity index (χ4n) is 2.64. The molecule has 2 aromatic carbocycles. The third-order valence-electron chi connectivity index (χ3n) is 3.54. The second-order valence-corrected chi connectivity index (χ2v) is 4.60. The highest BCUT2D eigenvalue weighted by Crippen LogP contribution is 2.32. The van der Waals surface area contributed by atoms with E-state index in [-0.39, 0.29) is 5.69 Å². The molecule has 0 aliphatic heterocycles. The zero-order valence-corrected chi connectivity index (χ0v) is 10.9. The van der Waals surface area contributed by atoms with Gasteiger partial charge >= 0.3 is 0 Å². The van der Waals surface area contributed by atoms with Gasteiger partial charge in [0, 0.05) is 46.0 Å². The number of rotatable bonds is 3. The van der Waals surface area contributed by atoms with Crippen LogP contribution in [-0.4, -0.2) is 15.8 Å². The second kappa shape index (κ2) is 4.45. The minimum absolute atomic E-state index is 0.0594. The van der Waals surface area contributed by atoms with Crippen LogP contribution in [0.3, 0.4) is 0 Å². The largest absolute Gasteiger partial charge is 0.341 e. The molecule has 3 aromatic rings. The molecule has 0 atom stereocenters. The molecule has 1 heterocycles. The van der Waals surface area contributed by atoms with Crippen molar-refractivity contribution in [2.45, 2.75) is 13.5 Å². The normalized spacial score (nSPS) is 11.1. The average Bonchev–Trinajstić information content (AvgIpc) is 2.79. The number of carbonyl (C=O) groups is 1. The van der Waals surface area contributed by atoms with Crippen molar-refractivity contribution in [1.82, 2.24) is 4.57 Å². The monoisotopic (exact) mass is 268 g/mol. The highest BCUT2D eigenvalue weighted by atomic mass is 16.6. The summed E-state index contributed by atoms with van der Waals surface area (Å²) in [7, 11) is 0. The van der Waals surface area contributed by atoms with E-state index in [9.17, 15) is 14.9 Å². The van der Waals surface area contributed by atoms with Gasteiger partial charge in [-0.1, -0.05) is 0 Å². The summed E-state index contributed by atoms with van der Waals surface area (Å²) in [5, 5.41) is 12.6. The molecular weight excluding hydrogens is 256 g/mol. The van der Waals surface area contributed by atoms with Gasteiger partial charge in [0.1, 0.15) is 6.29 Å². The molecule has 0 aliphatic rings. The van der Waals surface area contributed by atoms with Gasteiger partial charge in [0.2, 0.25) is 0 Å². The van der Waals surface area contributed by atoms with Gasteiger partial charge in [-0.3, -0.25) is 14.9 Å². The Kier molecular flexibility index (Phi) is 2.75. The topological polar surface area (TPSA) is 65.1 Å². The lowest BCUT2D eigenvalue weighted by atomic mass is 10.1. The van der Waals surface area contributed by atoms with Gasteiger partial charge in [0.05, 0.1) is 4.92 Å². The maximum Gasteiger partial charge on any atom is 0.270 e. The molecule has 0 saturated heterocycles. The molecule has 3 rings (SSSR count). The summed E-state index contributed by atoms with van der Waals surface area (Å²) in [5.41, 5.74) is 2.55. The molecule has 100 valence electrons. The van der Waals surface area contributed by atoms with E-state index in [1.165, 1.54) is 6.07 Å². The summed E-state index contributed by atoms with van der Waals surface area (Å²) in [6.07, 6.45) is 0.784. The standard InChI is InChI=1S/C15H12N2O3/c1-2-16-14-5-3-10(9-18)7-12(14)13-8-11(17(19)20)4-6-15(13)16/h3-9H,2H2,1H3. The van der Waals surface area contributed by atoms with Crippen molar-refractivity contribution in [1.29, 1.82) is 0 Å². The molecular formula is C15H12N2O3. The van der Waals surface area contributed by atoms with Crippen LogP contribution in [0.5, 0.6) is 0 Å². The first-order chi connectivity index (χ1) is 9.65. The lowest BCUT2D eigenvalue weighted by Crippen LogP contribution is -1.93. The zero-order chi connectivity index (χ0) is 14.3. The first-order valence-corrected chi connectivity index (χ1v) is 6.31. The zero-order valence-electron chi connectivity index (χ0n) is 10.9. The number of nitrogens with zero attached hydrogens (tertiary/aromatic N) is 2. The van der Waals surface area contributed by atoms with E-state index >= 15 is 0 Å². The number of aldehydes is 1. The van der Waals surface area contributed by atoms with Gasteiger partial charge in [0.25, 0.3) is 5.69 Å². The second-order valence-electron chi connectivity index (χ2n) is 4.60. The number of carbonyl (C=O) groups excluding carboxylic acids is 1. The van der Waals surface area contributed by atoms with E-state index in [0.717, 1.165) is 34.6 Å². The molecule has 0 bridgehead atoms. The molecule has 0 saturated carbocycles. The van der Waals surface area contributed by atoms with Crippen molar-refractivity contribution in [3.63, 3.8) is 0 Å². The van der Waals surface area contributed by atoms with E-state index < -0.39 is 4.92 Å². The number of fused-ring (bicyclic) bond motifs is 3. The Hall–Kier alpha value is -2.69. The molecule has 5 nitrogen and oxygen atoms in total. The molecule has 1 aromatic heterocycles. The van der Waals surface area contributed by atoms with Crippen molar-refractivity contribution in [2.24, 2.45) is 0 Å². The number of hydrogen-bond acceptors (Lipinski definition) is 3. The molecule has 0 N–H and O–H groups in total. The van der Waals surface area contributed by atoms with Gasteiger partial charge in [0.15, 0.2) is 0 Å². The Morgan fingerprint density at radius 2 is 1.80 bits per heavy atom. The van der Waals surface area contributed by atoms with Crippen molar-refractivity contribution >= 4 is 33.8 Å². The first-order valence-electron chi connectivity index (χ1n) is 6.31. The molecule has 5 heteroatoms. The number of benzene rings is 2. The Morgan fingerprint density at radius 1 is 1.15 bits per heavy atom. The summed E-state index contributed by atoms with van der Waals surface area (Å²) in [5.74, 6) is 0. The summed E-state index contributed by atoms with van der Waals surface area (Å²) < 4.78 is 2.09. The smallest absolute Gasteiger partial charge is 0.270 e. The minimum atomic E-state index is -0.405. The Bertz CT molecular complexity index is 849. The van der Waals surface area contributed by atoms with Gasteiger partial charge in [-0.15, -0.1) is 0 Å². The van der Waals surface area contributed by atoms with Crippen molar-refractivity contribution in [3.8, 4) is 0 Å². The highest BCUT2D eigenvalue weighted by Gasteiger charge is 2.14. The number of aryl methyl sites for hydroxylation is 1. The quantitative estimate of drug-likeness (QED) is 0.414. The summed E-state index contributed by atoms with van der Waals surface area (Å²) in [6, 6.07) is 10.3. The Labute approximate surface area is 114 Å². The minimum Gasteiger partial charge on any atom is -0.341 e. The van der Waals surface area contributed by atoms with Gasteiger partial charge in [-0.05, 0) is 31.2 Å². The van der Waals surface area contributed by atoms with Crippen LogP contribution in [0.1, 0.15) is 17.3 Å². The maximum atomic E-state index is 10.9. The van der Waals surface area contributed by atoms with Crippen LogP contribution >= 0.6 is 0 Å². The van der Waals surface area contributed by atoms with E-state index in [4.69, 9.17) is 0 Å². The number of non-ortho nitro benzene ring substituents is 1. The predicted octanol–water partition coefficient (Wildman–Crippen LogP) is 3.54. The van der Waals surface area contributed by atoms with Crippen LogP contribution in [0.2, 0.25) is 0 Å². The van der Waals surface area contributed by atoms with Gasteiger partial charge in [-0.2, -0.15) is 0 Å². The fraction of sp³-hybridized carbons (Fsp3) is 0.133. The average molecular weight is 268 g/mol. The van der Waals surface area contributed by atoms with E-state index in [0.29, 0.717) is 5.56 Å². The molecule has 0 spiro atoms. The third-order valence-corrected chi connectivity index (χ3v) is 3.54. The van der Waals surface area contributed by atoms with E-state index in [1.54, 1.807) is 24.3 Å². The molecule has 0 amide bonds. The highest BCUT2D eigenvalue weighted by molar-refractivity contribution is 6.10. The summed E-state index contributed by atoms with van der Waals surface area (Å²) >= 11 is 0. The molecule has 0 aliphatic carbocycles. The van der Waals surface area contributed by atoms with Crippen LogP contribution < -0.4 is 0 Å². The van der Waals surface area contributed by atoms with Crippen LogP contribution in [-0.2, 0) is 6.54 Å². The maximum absolute atomic E-state index is 10.9. The van der Waals surface area contributed by atoms with Crippen molar-refractivity contribution < 1.29 is 9.72 Å². The lowest BCUT2D eigenvalue weighted by molar-refractivity contribution is -0.384. The number of nitro benzene ring substituents is 1.